The highest BCUT2D eigenvalue weighted by Gasteiger charge is 2.38. The van der Waals surface area contributed by atoms with Crippen LogP contribution >= 0.6 is 0 Å². The first kappa shape index (κ1) is 15.1. The highest BCUT2D eigenvalue weighted by atomic mass is 19.1. The van der Waals surface area contributed by atoms with Crippen LogP contribution in [0.15, 0.2) is 24.8 Å². The van der Waals surface area contributed by atoms with Crippen molar-refractivity contribution in [3.8, 4) is 6.07 Å². The normalized spacial score (nSPS) is 15.2. The Labute approximate surface area is 122 Å². The second kappa shape index (κ2) is 5.62. The van der Waals surface area contributed by atoms with Gasteiger partial charge in [0, 0.05) is 0 Å². The van der Waals surface area contributed by atoms with Gasteiger partial charge in [0.25, 0.3) is 0 Å². The molecule has 1 aromatic carbocycles. The lowest BCUT2D eigenvalue weighted by atomic mass is 9.80. The van der Waals surface area contributed by atoms with Crippen molar-refractivity contribution < 1.29 is 9.50 Å². The summed E-state index contributed by atoms with van der Waals surface area (Å²) in [5.74, 6) is -1.14. The van der Waals surface area contributed by atoms with E-state index in [4.69, 9.17) is 0 Å². The molecule has 2 atom stereocenters. The number of halogens is 1. The summed E-state index contributed by atoms with van der Waals surface area (Å²) in [7, 11) is 0. The van der Waals surface area contributed by atoms with Crippen molar-refractivity contribution in [1.29, 1.82) is 5.26 Å². The summed E-state index contributed by atoms with van der Waals surface area (Å²) in [6.07, 6.45) is 2.80. The van der Waals surface area contributed by atoms with Gasteiger partial charge in [-0.15, -0.1) is 0 Å². The SMILES string of the molecule is Cc1cc(C)c([C@@](O)(Cn2cncn2)[C@@H](C)C#N)cc1F. The molecule has 0 saturated heterocycles. The number of rotatable bonds is 4. The van der Waals surface area contributed by atoms with E-state index in [2.05, 4.69) is 10.1 Å². The van der Waals surface area contributed by atoms with Gasteiger partial charge >= 0.3 is 0 Å². The number of nitrogens with zero attached hydrogens (tertiary/aromatic N) is 4. The molecule has 0 saturated carbocycles. The highest BCUT2D eigenvalue weighted by molar-refractivity contribution is 5.37. The van der Waals surface area contributed by atoms with Gasteiger partial charge in [0.1, 0.15) is 24.1 Å². The molecular weight excluding hydrogens is 271 g/mol. The number of nitriles is 1. The number of aromatic nitrogens is 3. The van der Waals surface area contributed by atoms with Crippen LogP contribution in [-0.4, -0.2) is 19.9 Å². The molecule has 5 nitrogen and oxygen atoms in total. The Kier molecular flexibility index (Phi) is 4.05. The fourth-order valence-electron chi connectivity index (χ4n) is 2.42. The Morgan fingerprint density at radius 2 is 2.14 bits per heavy atom. The van der Waals surface area contributed by atoms with Crippen LogP contribution in [0, 0.1) is 36.9 Å². The molecule has 6 heteroatoms. The summed E-state index contributed by atoms with van der Waals surface area (Å²) in [6.45, 7) is 5.09. The zero-order valence-corrected chi connectivity index (χ0v) is 12.2. The Hall–Kier alpha value is -2.26. The van der Waals surface area contributed by atoms with Crippen LogP contribution in [0.4, 0.5) is 4.39 Å². The molecule has 0 bridgehead atoms. The summed E-state index contributed by atoms with van der Waals surface area (Å²) in [6, 6.07) is 5.01. The van der Waals surface area contributed by atoms with E-state index in [1.807, 2.05) is 6.07 Å². The summed E-state index contributed by atoms with van der Waals surface area (Å²) in [5.41, 5.74) is 0.0962. The van der Waals surface area contributed by atoms with E-state index in [0.717, 1.165) is 5.56 Å². The van der Waals surface area contributed by atoms with Crippen LogP contribution in [-0.2, 0) is 12.1 Å². The molecule has 2 aromatic rings. The van der Waals surface area contributed by atoms with E-state index in [1.165, 1.54) is 23.4 Å². The zero-order valence-electron chi connectivity index (χ0n) is 12.2. The summed E-state index contributed by atoms with van der Waals surface area (Å²) >= 11 is 0. The number of benzene rings is 1. The second-order valence-electron chi connectivity index (χ2n) is 5.28. The lowest BCUT2D eigenvalue weighted by molar-refractivity contribution is -0.0174. The highest BCUT2D eigenvalue weighted by Crippen LogP contribution is 2.34. The molecule has 0 radical (unpaired) electrons. The summed E-state index contributed by atoms with van der Waals surface area (Å²) < 4.78 is 15.3. The van der Waals surface area contributed by atoms with E-state index in [0.29, 0.717) is 11.1 Å². The van der Waals surface area contributed by atoms with E-state index in [-0.39, 0.29) is 6.54 Å². The van der Waals surface area contributed by atoms with Crippen LogP contribution in [0.5, 0.6) is 0 Å². The first-order valence-electron chi connectivity index (χ1n) is 6.60. The Morgan fingerprint density at radius 1 is 1.43 bits per heavy atom. The average molecular weight is 288 g/mol. The first-order valence-corrected chi connectivity index (χ1v) is 6.60. The predicted octanol–water partition coefficient (Wildman–Crippen LogP) is 2.08. The minimum absolute atomic E-state index is 0.0328. The molecule has 0 unspecified atom stereocenters. The molecule has 1 aromatic heterocycles. The second-order valence-corrected chi connectivity index (χ2v) is 5.28. The third-order valence-electron chi connectivity index (χ3n) is 3.75. The molecule has 1 N–H and O–H groups in total. The van der Waals surface area contributed by atoms with E-state index in [1.54, 1.807) is 26.8 Å². The van der Waals surface area contributed by atoms with Crippen molar-refractivity contribution in [1.82, 2.24) is 14.8 Å². The van der Waals surface area contributed by atoms with E-state index in [9.17, 15) is 14.8 Å². The average Bonchev–Trinajstić information content (AvgIpc) is 2.94. The van der Waals surface area contributed by atoms with Gasteiger partial charge in [0.15, 0.2) is 0 Å². The monoisotopic (exact) mass is 288 g/mol. The topological polar surface area (TPSA) is 74.7 Å². The van der Waals surface area contributed by atoms with Crippen LogP contribution in [0.2, 0.25) is 0 Å². The molecule has 0 aliphatic carbocycles. The fraction of sp³-hybridized carbons (Fsp3) is 0.400. The maximum atomic E-state index is 13.9. The van der Waals surface area contributed by atoms with Gasteiger partial charge in [-0.1, -0.05) is 6.07 Å². The summed E-state index contributed by atoms with van der Waals surface area (Å²) in [4.78, 5) is 3.82. The van der Waals surface area contributed by atoms with Gasteiger partial charge in [-0.2, -0.15) is 10.4 Å². The van der Waals surface area contributed by atoms with Gasteiger partial charge in [-0.25, -0.2) is 14.1 Å². The third kappa shape index (κ3) is 2.78. The Morgan fingerprint density at radius 3 is 2.71 bits per heavy atom. The molecule has 0 amide bonds. The van der Waals surface area contributed by atoms with Crippen LogP contribution in [0.25, 0.3) is 0 Å². The molecule has 1 heterocycles. The molecule has 21 heavy (non-hydrogen) atoms. The van der Waals surface area contributed by atoms with Gasteiger partial charge in [-0.05, 0) is 43.5 Å². The maximum absolute atomic E-state index is 13.9. The lowest BCUT2D eigenvalue weighted by Gasteiger charge is -2.32. The largest absolute Gasteiger partial charge is 0.382 e. The van der Waals surface area contributed by atoms with Gasteiger partial charge in [-0.3, -0.25) is 0 Å². The Bertz CT molecular complexity index is 678. The first-order chi connectivity index (χ1) is 9.88. The molecule has 0 spiro atoms. The van der Waals surface area contributed by atoms with Crippen molar-refractivity contribution in [2.45, 2.75) is 32.9 Å². The van der Waals surface area contributed by atoms with E-state index >= 15 is 0 Å². The standard InChI is InChI=1S/C15H17FN4O/c1-10-4-11(2)14(16)5-13(10)15(21,12(3)6-17)7-20-9-18-8-19-20/h4-5,8-9,12,21H,7H2,1-3H3/t12-,15+/m0/s1. The molecule has 110 valence electrons. The molecule has 2 rings (SSSR count). The molecule has 0 aliphatic heterocycles. The number of hydrogen-bond donors (Lipinski definition) is 1. The quantitative estimate of drug-likeness (QED) is 0.934. The number of hydrogen-bond acceptors (Lipinski definition) is 4. The smallest absolute Gasteiger partial charge is 0.137 e. The Balaban J connectivity index is 2.55. The number of aryl methyl sites for hydroxylation is 2. The van der Waals surface area contributed by atoms with Gasteiger partial charge < -0.3 is 5.11 Å². The van der Waals surface area contributed by atoms with Crippen molar-refractivity contribution >= 4 is 0 Å². The van der Waals surface area contributed by atoms with Gasteiger partial charge in [0.2, 0.25) is 0 Å². The van der Waals surface area contributed by atoms with Crippen molar-refractivity contribution in [2.75, 3.05) is 0 Å². The lowest BCUT2D eigenvalue weighted by Crippen LogP contribution is -2.38. The van der Waals surface area contributed by atoms with Crippen molar-refractivity contribution in [2.24, 2.45) is 5.92 Å². The molecular formula is C15H17FN4O. The minimum atomic E-state index is -1.54. The molecule has 0 fully saturated rings. The zero-order chi connectivity index (χ0) is 15.6. The van der Waals surface area contributed by atoms with Crippen molar-refractivity contribution in [3.05, 3.63) is 47.3 Å². The maximum Gasteiger partial charge on any atom is 0.137 e. The van der Waals surface area contributed by atoms with Gasteiger partial charge in [0.05, 0.1) is 18.5 Å². The van der Waals surface area contributed by atoms with Crippen LogP contribution in [0.1, 0.15) is 23.6 Å². The van der Waals surface area contributed by atoms with Crippen LogP contribution in [0.3, 0.4) is 0 Å². The molecule has 0 aliphatic rings. The fourth-order valence-corrected chi connectivity index (χ4v) is 2.42. The third-order valence-corrected chi connectivity index (χ3v) is 3.75. The van der Waals surface area contributed by atoms with Crippen molar-refractivity contribution in [3.63, 3.8) is 0 Å². The predicted molar refractivity (Wildman–Crippen MR) is 74.6 cm³/mol. The van der Waals surface area contributed by atoms with Crippen LogP contribution < -0.4 is 0 Å². The summed E-state index contributed by atoms with van der Waals surface area (Å²) in [5, 5.41) is 24.2. The number of aliphatic hydroxyl groups is 1. The van der Waals surface area contributed by atoms with E-state index < -0.39 is 17.3 Å². The minimum Gasteiger partial charge on any atom is -0.382 e.